The highest BCUT2D eigenvalue weighted by Crippen LogP contribution is 2.51. The van der Waals surface area contributed by atoms with Crippen molar-refractivity contribution >= 4 is 14.5 Å². The highest BCUT2D eigenvalue weighted by atomic mass is 31.1. The molecular weight excluding hydrogens is 191 g/mol. The molecule has 1 saturated carbocycles. The summed E-state index contributed by atoms with van der Waals surface area (Å²) < 4.78 is 26.6. The minimum Gasteiger partial charge on any atom is -0.278 e. The molecule has 1 aliphatic heterocycles. The molecule has 4 unspecified atom stereocenters. The summed E-state index contributed by atoms with van der Waals surface area (Å²) in [5.74, 6) is -2.25. The fraction of sp³-hybridized carbons (Fsp3) is 0.889. The van der Waals surface area contributed by atoms with E-state index in [2.05, 4.69) is 6.30 Å². The van der Waals surface area contributed by atoms with Gasteiger partial charge in [0.2, 0.25) is 0 Å². The molecule has 13 heavy (non-hydrogen) atoms. The third kappa shape index (κ3) is 1.42. The van der Waals surface area contributed by atoms with Crippen molar-refractivity contribution in [2.24, 2.45) is 0 Å². The molecule has 0 bridgehead atoms. The van der Waals surface area contributed by atoms with Gasteiger partial charge in [-0.25, -0.2) is 8.78 Å². The molecule has 1 saturated heterocycles. The zero-order valence-electron chi connectivity index (χ0n) is 7.71. The van der Waals surface area contributed by atoms with Gasteiger partial charge < -0.3 is 0 Å². The molecule has 0 radical (unpaired) electrons. The molecule has 2 fully saturated rings. The molecule has 0 aromatic carbocycles. The van der Waals surface area contributed by atoms with Gasteiger partial charge in [0.1, 0.15) is 0 Å². The SMILES string of the molecule is C=PC(C)N1C2CCCC(F)(F)C21. The monoisotopic (exact) mass is 205 g/mol. The van der Waals surface area contributed by atoms with Crippen LogP contribution in [-0.2, 0) is 0 Å². The van der Waals surface area contributed by atoms with Gasteiger partial charge in [0.25, 0.3) is 5.92 Å². The van der Waals surface area contributed by atoms with Crippen molar-refractivity contribution in [1.29, 1.82) is 0 Å². The van der Waals surface area contributed by atoms with Crippen LogP contribution in [0.5, 0.6) is 0 Å². The maximum atomic E-state index is 13.3. The molecule has 0 N–H and O–H groups in total. The normalized spacial score (nSPS) is 44.1. The Bertz CT molecular complexity index is 232. The molecule has 74 valence electrons. The molecule has 0 aromatic rings. The van der Waals surface area contributed by atoms with Crippen LogP contribution < -0.4 is 0 Å². The average Bonchev–Trinajstić information content (AvgIpc) is 2.78. The summed E-state index contributed by atoms with van der Waals surface area (Å²) in [6, 6.07) is -0.321. The third-order valence-corrected chi connectivity index (χ3v) is 3.91. The smallest absolute Gasteiger partial charge is 0.264 e. The van der Waals surface area contributed by atoms with E-state index in [1.807, 2.05) is 11.8 Å². The van der Waals surface area contributed by atoms with E-state index in [4.69, 9.17) is 0 Å². The summed E-state index contributed by atoms with van der Waals surface area (Å²) in [5, 5.41) is 0. The summed E-state index contributed by atoms with van der Waals surface area (Å²) in [5.41, 5.74) is 0. The highest BCUT2D eigenvalue weighted by Gasteiger charge is 2.64. The first-order valence-electron chi connectivity index (χ1n) is 4.69. The lowest BCUT2D eigenvalue weighted by molar-refractivity contribution is -0.0293. The van der Waals surface area contributed by atoms with Gasteiger partial charge in [0.05, 0.1) is 6.04 Å². The zero-order valence-corrected chi connectivity index (χ0v) is 8.61. The van der Waals surface area contributed by atoms with Crippen LogP contribution in [0.3, 0.4) is 0 Å². The summed E-state index contributed by atoms with van der Waals surface area (Å²) in [4.78, 5) is 1.93. The van der Waals surface area contributed by atoms with E-state index in [9.17, 15) is 8.78 Å². The lowest BCUT2D eigenvalue weighted by atomic mass is 9.97. The summed E-state index contributed by atoms with van der Waals surface area (Å²) >= 11 is 0. The van der Waals surface area contributed by atoms with Crippen molar-refractivity contribution in [2.75, 3.05) is 0 Å². The van der Waals surface area contributed by atoms with E-state index in [1.54, 1.807) is 0 Å². The Morgan fingerprint density at radius 3 is 2.85 bits per heavy atom. The van der Waals surface area contributed by atoms with Gasteiger partial charge in [-0.05, 0) is 19.8 Å². The first kappa shape index (κ1) is 9.54. The van der Waals surface area contributed by atoms with Gasteiger partial charge in [-0.3, -0.25) is 4.90 Å². The minimum atomic E-state index is -2.44. The number of alkyl halides is 2. The quantitative estimate of drug-likeness (QED) is 0.494. The Labute approximate surface area is 78.9 Å². The molecule has 0 amide bonds. The zero-order chi connectivity index (χ0) is 9.64. The van der Waals surface area contributed by atoms with Crippen LogP contribution in [0, 0.1) is 0 Å². The molecule has 1 nitrogen and oxygen atoms in total. The third-order valence-electron chi connectivity index (χ3n) is 3.12. The molecule has 2 rings (SSSR count). The number of likely N-dealkylation sites (tertiary alicyclic amines) is 1. The Morgan fingerprint density at radius 2 is 2.31 bits per heavy atom. The number of hydrogen-bond donors (Lipinski definition) is 0. The van der Waals surface area contributed by atoms with Crippen molar-refractivity contribution in [3.8, 4) is 0 Å². The van der Waals surface area contributed by atoms with Gasteiger partial charge in [-0.2, -0.15) is 0 Å². The summed E-state index contributed by atoms with van der Waals surface area (Å²) in [7, 11) is 0.952. The summed E-state index contributed by atoms with van der Waals surface area (Å²) in [6.07, 6.45) is 5.43. The molecule has 0 spiro atoms. The molecular formula is C9H14F2NP. The van der Waals surface area contributed by atoms with Gasteiger partial charge in [0, 0.05) is 18.2 Å². The van der Waals surface area contributed by atoms with Crippen LogP contribution in [0.2, 0.25) is 0 Å². The largest absolute Gasteiger partial charge is 0.278 e. The van der Waals surface area contributed by atoms with Crippen molar-refractivity contribution in [2.45, 2.75) is 50.0 Å². The van der Waals surface area contributed by atoms with E-state index in [0.29, 0.717) is 6.42 Å². The van der Waals surface area contributed by atoms with E-state index in [0.717, 1.165) is 14.6 Å². The standard InChI is InChI=1S/C9H14F2NP/c1-6(13-2)12-7-4-3-5-9(10,11)8(7)12/h6-8H,2-5H2,1H3. The van der Waals surface area contributed by atoms with Crippen molar-refractivity contribution in [3.05, 3.63) is 0 Å². The van der Waals surface area contributed by atoms with Gasteiger partial charge in [0.15, 0.2) is 0 Å². The Hall–Kier alpha value is -0.0100. The van der Waals surface area contributed by atoms with Crippen LogP contribution in [-0.4, -0.2) is 35.0 Å². The molecule has 2 aliphatic rings. The number of hydrogen-bond acceptors (Lipinski definition) is 1. The van der Waals surface area contributed by atoms with E-state index in [-0.39, 0.29) is 18.2 Å². The predicted molar refractivity (Wildman–Crippen MR) is 51.7 cm³/mol. The fourth-order valence-electron chi connectivity index (χ4n) is 2.40. The molecule has 4 heteroatoms. The van der Waals surface area contributed by atoms with Crippen molar-refractivity contribution in [3.63, 3.8) is 0 Å². The van der Waals surface area contributed by atoms with E-state index >= 15 is 0 Å². The average molecular weight is 205 g/mol. The van der Waals surface area contributed by atoms with E-state index in [1.165, 1.54) is 0 Å². The Kier molecular flexibility index (Phi) is 2.20. The van der Waals surface area contributed by atoms with Gasteiger partial charge >= 0.3 is 0 Å². The topological polar surface area (TPSA) is 3.01 Å². The fourth-order valence-corrected chi connectivity index (χ4v) is 2.91. The van der Waals surface area contributed by atoms with Crippen molar-refractivity contribution < 1.29 is 8.78 Å². The summed E-state index contributed by atoms with van der Waals surface area (Å²) in [6.45, 7) is 1.98. The molecule has 1 heterocycles. The molecule has 0 aromatic heterocycles. The predicted octanol–water partition coefficient (Wildman–Crippen LogP) is 2.58. The number of fused-ring (bicyclic) bond motifs is 1. The lowest BCUT2D eigenvalue weighted by Crippen LogP contribution is -2.30. The van der Waals surface area contributed by atoms with Crippen LogP contribution in [0.15, 0.2) is 0 Å². The molecule has 4 atom stereocenters. The second kappa shape index (κ2) is 2.99. The Balaban J connectivity index is 2.09. The van der Waals surface area contributed by atoms with Gasteiger partial charge in [-0.1, -0.05) is 14.5 Å². The minimum absolute atomic E-state index is 0.0748. The first-order chi connectivity index (χ1) is 6.08. The van der Waals surface area contributed by atoms with Crippen LogP contribution in [0.25, 0.3) is 0 Å². The second-order valence-electron chi connectivity index (χ2n) is 3.93. The first-order valence-corrected chi connectivity index (χ1v) is 5.84. The number of halogens is 2. The lowest BCUT2D eigenvalue weighted by Gasteiger charge is -2.19. The van der Waals surface area contributed by atoms with Gasteiger partial charge in [-0.15, -0.1) is 0 Å². The number of rotatable bonds is 2. The van der Waals surface area contributed by atoms with Crippen LogP contribution >= 0.6 is 8.20 Å². The van der Waals surface area contributed by atoms with Crippen LogP contribution in [0.4, 0.5) is 8.78 Å². The second-order valence-corrected chi connectivity index (χ2v) is 5.04. The van der Waals surface area contributed by atoms with Crippen LogP contribution in [0.1, 0.15) is 26.2 Å². The Morgan fingerprint density at radius 1 is 1.62 bits per heavy atom. The maximum Gasteiger partial charge on any atom is 0.264 e. The maximum absolute atomic E-state index is 13.3. The molecule has 1 aliphatic carbocycles. The van der Waals surface area contributed by atoms with Crippen molar-refractivity contribution in [1.82, 2.24) is 4.90 Å². The van der Waals surface area contributed by atoms with E-state index < -0.39 is 12.0 Å². The number of nitrogens with zero attached hydrogens (tertiary/aromatic N) is 1. The highest BCUT2D eigenvalue weighted by molar-refractivity contribution is 7.37.